The molecule has 0 bridgehead atoms. The summed E-state index contributed by atoms with van der Waals surface area (Å²) in [6.45, 7) is 6.36. The van der Waals surface area contributed by atoms with E-state index in [0.29, 0.717) is 19.6 Å². The van der Waals surface area contributed by atoms with E-state index in [2.05, 4.69) is 0 Å². The van der Waals surface area contributed by atoms with Crippen molar-refractivity contribution in [1.82, 2.24) is 0 Å². The molecule has 0 aliphatic heterocycles. The Bertz CT molecular complexity index is 300. The SMILES string of the molecule is CCCOC(=O)C1(C)CCCCC1C(=O)OCC. The minimum atomic E-state index is -0.709. The van der Waals surface area contributed by atoms with Gasteiger partial charge in [0.05, 0.1) is 24.5 Å². The fraction of sp³-hybridized carbons (Fsp3) is 0.857. The fourth-order valence-corrected chi connectivity index (χ4v) is 2.56. The normalized spacial score (nSPS) is 27.6. The Kier molecular flexibility index (Phi) is 5.63. The van der Waals surface area contributed by atoms with E-state index in [1.54, 1.807) is 6.92 Å². The van der Waals surface area contributed by atoms with Crippen LogP contribution in [0, 0.1) is 11.3 Å². The van der Waals surface area contributed by atoms with Crippen LogP contribution in [0.4, 0.5) is 0 Å². The Morgan fingerprint density at radius 3 is 2.56 bits per heavy atom. The number of carbonyl (C=O) groups is 2. The molecule has 0 aromatic heterocycles. The molecule has 18 heavy (non-hydrogen) atoms. The van der Waals surface area contributed by atoms with E-state index in [0.717, 1.165) is 25.7 Å². The predicted octanol–water partition coefficient (Wildman–Crippen LogP) is 2.70. The average molecular weight is 256 g/mol. The van der Waals surface area contributed by atoms with Crippen LogP contribution >= 0.6 is 0 Å². The third-order valence-corrected chi connectivity index (χ3v) is 3.68. The van der Waals surface area contributed by atoms with E-state index in [4.69, 9.17) is 9.47 Å². The van der Waals surface area contributed by atoms with Gasteiger partial charge >= 0.3 is 11.9 Å². The van der Waals surface area contributed by atoms with Crippen molar-refractivity contribution in [2.24, 2.45) is 11.3 Å². The first-order chi connectivity index (χ1) is 8.56. The lowest BCUT2D eigenvalue weighted by molar-refractivity contribution is -0.171. The van der Waals surface area contributed by atoms with E-state index in [9.17, 15) is 9.59 Å². The molecular formula is C14H24O4. The Morgan fingerprint density at radius 1 is 1.22 bits per heavy atom. The number of hydrogen-bond donors (Lipinski definition) is 0. The molecule has 1 aliphatic carbocycles. The quantitative estimate of drug-likeness (QED) is 0.710. The van der Waals surface area contributed by atoms with Crippen molar-refractivity contribution < 1.29 is 19.1 Å². The van der Waals surface area contributed by atoms with Crippen LogP contribution in [0.1, 0.15) is 52.9 Å². The van der Waals surface area contributed by atoms with Crippen molar-refractivity contribution in [2.75, 3.05) is 13.2 Å². The van der Waals surface area contributed by atoms with Gasteiger partial charge in [0.15, 0.2) is 0 Å². The Morgan fingerprint density at radius 2 is 1.94 bits per heavy atom. The van der Waals surface area contributed by atoms with Crippen LogP contribution < -0.4 is 0 Å². The molecule has 104 valence electrons. The molecule has 1 fully saturated rings. The van der Waals surface area contributed by atoms with Crippen LogP contribution in [-0.4, -0.2) is 25.2 Å². The zero-order chi connectivity index (χ0) is 13.6. The molecule has 0 heterocycles. The van der Waals surface area contributed by atoms with E-state index in [1.165, 1.54) is 0 Å². The zero-order valence-electron chi connectivity index (χ0n) is 11.7. The van der Waals surface area contributed by atoms with Gasteiger partial charge < -0.3 is 9.47 Å². The first-order valence-corrected chi connectivity index (χ1v) is 6.90. The van der Waals surface area contributed by atoms with Crippen LogP contribution in [0.15, 0.2) is 0 Å². The van der Waals surface area contributed by atoms with Crippen molar-refractivity contribution in [3.05, 3.63) is 0 Å². The molecule has 0 aromatic carbocycles. The highest BCUT2D eigenvalue weighted by Gasteiger charge is 2.48. The highest BCUT2D eigenvalue weighted by atomic mass is 16.5. The molecule has 0 saturated heterocycles. The van der Waals surface area contributed by atoms with Crippen LogP contribution in [0.5, 0.6) is 0 Å². The van der Waals surface area contributed by atoms with Crippen molar-refractivity contribution in [2.45, 2.75) is 52.9 Å². The van der Waals surface area contributed by atoms with Crippen LogP contribution in [0.3, 0.4) is 0 Å². The Labute approximate surface area is 109 Å². The Hall–Kier alpha value is -1.06. The molecule has 2 atom stereocenters. The van der Waals surface area contributed by atoms with Gasteiger partial charge in [0.25, 0.3) is 0 Å². The number of ether oxygens (including phenoxy) is 2. The molecule has 0 amide bonds. The fourth-order valence-electron chi connectivity index (χ4n) is 2.56. The van der Waals surface area contributed by atoms with Gasteiger partial charge in [-0.1, -0.05) is 19.8 Å². The minimum Gasteiger partial charge on any atom is -0.466 e. The van der Waals surface area contributed by atoms with Gasteiger partial charge in [-0.2, -0.15) is 0 Å². The highest BCUT2D eigenvalue weighted by molar-refractivity contribution is 5.85. The number of rotatable bonds is 5. The standard InChI is InChI=1S/C14H24O4/c1-4-10-18-13(16)14(3)9-7-6-8-11(14)12(15)17-5-2/h11H,4-10H2,1-3H3. The molecular weight excluding hydrogens is 232 g/mol. The molecule has 1 saturated carbocycles. The summed E-state index contributed by atoms with van der Waals surface area (Å²) in [5.74, 6) is -0.856. The second-order valence-electron chi connectivity index (χ2n) is 5.10. The minimum absolute atomic E-state index is 0.248. The van der Waals surface area contributed by atoms with Gasteiger partial charge in [-0.15, -0.1) is 0 Å². The van der Waals surface area contributed by atoms with Crippen molar-refractivity contribution in [3.8, 4) is 0 Å². The molecule has 2 unspecified atom stereocenters. The molecule has 0 N–H and O–H groups in total. The lowest BCUT2D eigenvalue weighted by atomic mass is 9.67. The second kappa shape index (κ2) is 6.76. The maximum atomic E-state index is 12.2. The number of carbonyl (C=O) groups excluding carboxylic acids is 2. The molecule has 1 aliphatic rings. The van der Waals surface area contributed by atoms with E-state index in [1.807, 2.05) is 13.8 Å². The lowest BCUT2D eigenvalue weighted by Gasteiger charge is -2.37. The summed E-state index contributed by atoms with van der Waals surface area (Å²) >= 11 is 0. The van der Waals surface area contributed by atoms with Gasteiger partial charge in [-0.05, 0) is 33.1 Å². The summed E-state index contributed by atoms with van der Waals surface area (Å²) in [5, 5.41) is 0. The summed E-state index contributed by atoms with van der Waals surface area (Å²) in [7, 11) is 0. The third kappa shape index (κ3) is 3.24. The van der Waals surface area contributed by atoms with E-state index < -0.39 is 5.41 Å². The molecule has 1 rings (SSSR count). The van der Waals surface area contributed by atoms with Crippen LogP contribution in [0.2, 0.25) is 0 Å². The first kappa shape index (κ1) is 15.0. The maximum absolute atomic E-state index is 12.2. The average Bonchev–Trinajstić information content (AvgIpc) is 2.36. The Balaban J connectivity index is 2.78. The molecule has 4 heteroatoms. The van der Waals surface area contributed by atoms with Gasteiger partial charge in [0, 0.05) is 0 Å². The molecule has 4 nitrogen and oxygen atoms in total. The van der Waals surface area contributed by atoms with Gasteiger partial charge in [-0.3, -0.25) is 9.59 Å². The van der Waals surface area contributed by atoms with Crippen LogP contribution in [-0.2, 0) is 19.1 Å². The molecule has 0 aromatic rings. The third-order valence-electron chi connectivity index (χ3n) is 3.68. The monoisotopic (exact) mass is 256 g/mol. The molecule has 0 radical (unpaired) electrons. The lowest BCUT2D eigenvalue weighted by Crippen LogP contribution is -2.44. The van der Waals surface area contributed by atoms with Crippen molar-refractivity contribution >= 4 is 11.9 Å². The highest BCUT2D eigenvalue weighted by Crippen LogP contribution is 2.42. The summed E-state index contributed by atoms with van der Waals surface area (Å²) < 4.78 is 10.3. The van der Waals surface area contributed by atoms with Crippen LogP contribution in [0.25, 0.3) is 0 Å². The van der Waals surface area contributed by atoms with Gasteiger partial charge in [0.1, 0.15) is 0 Å². The summed E-state index contributed by atoms with van der Waals surface area (Å²) in [6, 6.07) is 0. The van der Waals surface area contributed by atoms with E-state index >= 15 is 0 Å². The topological polar surface area (TPSA) is 52.6 Å². The van der Waals surface area contributed by atoms with Crippen molar-refractivity contribution in [3.63, 3.8) is 0 Å². The maximum Gasteiger partial charge on any atom is 0.312 e. The largest absolute Gasteiger partial charge is 0.466 e. The second-order valence-corrected chi connectivity index (χ2v) is 5.10. The number of hydrogen-bond acceptors (Lipinski definition) is 4. The first-order valence-electron chi connectivity index (χ1n) is 6.90. The summed E-state index contributed by atoms with van der Waals surface area (Å²) in [4.78, 5) is 24.1. The van der Waals surface area contributed by atoms with Crippen molar-refractivity contribution in [1.29, 1.82) is 0 Å². The summed E-state index contributed by atoms with van der Waals surface area (Å²) in [6.07, 6.45) is 4.16. The summed E-state index contributed by atoms with van der Waals surface area (Å²) in [5.41, 5.74) is -0.709. The van der Waals surface area contributed by atoms with Gasteiger partial charge in [-0.25, -0.2) is 0 Å². The molecule has 0 spiro atoms. The zero-order valence-corrected chi connectivity index (χ0v) is 11.7. The van der Waals surface area contributed by atoms with E-state index in [-0.39, 0.29) is 17.9 Å². The predicted molar refractivity (Wildman–Crippen MR) is 67.9 cm³/mol. The number of esters is 2. The van der Waals surface area contributed by atoms with Gasteiger partial charge in [0.2, 0.25) is 0 Å². The smallest absolute Gasteiger partial charge is 0.312 e.